The number of hydrogen-bond acceptors (Lipinski definition) is 0. The topological polar surface area (TPSA) is 0 Å². The lowest BCUT2D eigenvalue weighted by Gasteiger charge is -2.13. The second kappa shape index (κ2) is 5.46. The van der Waals surface area contributed by atoms with Crippen molar-refractivity contribution in [2.45, 2.75) is 5.54 Å². The standard InChI is InChI=1S/C13H11ISi/c14-15-13(11-7-3-1-4-8-11)12-9-5-2-6-10-12/h1-10,13H. The van der Waals surface area contributed by atoms with E-state index in [2.05, 4.69) is 82.5 Å². The molecule has 0 nitrogen and oxygen atoms in total. The zero-order valence-corrected chi connectivity index (χ0v) is 11.4. The predicted octanol–water partition coefficient (Wildman–Crippen LogP) is 3.83. The SMILES string of the molecule is I[Si]C(c1ccccc1)c1ccccc1. The van der Waals surface area contributed by atoms with Gasteiger partial charge in [0.1, 0.15) is 7.02 Å². The molecule has 15 heavy (non-hydrogen) atoms. The van der Waals surface area contributed by atoms with Crippen LogP contribution < -0.4 is 0 Å². The molecule has 0 aliphatic heterocycles. The molecular formula is C13H11ISi. The van der Waals surface area contributed by atoms with Gasteiger partial charge < -0.3 is 0 Å². The molecule has 0 atom stereocenters. The van der Waals surface area contributed by atoms with Gasteiger partial charge in [0.05, 0.1) is 0 Å². The van der Waals surface area contributed by atoms with Crippen molar-refractivity contribution in [1.82, 2.24) is 0 Å². The summed E-state index contributed by atoms with van der Waals surface area (Å²) in [5.74, 6) is 0. The Morgan fingerprint density at radius 3 is 1.47 bits per heavy atom. The van der Waals surface area contributed by atoms with Crippen LogP contribution in [0.5, 0.6) is 0 Å². The summed E-state index contributed by atoms with van der Waals surface area (Å²) in [6, 6.07) is 21.4. The first-order chi connectivity index (χ1) is 7.42. The van der Waals surface area contributed by atoms with Crippen LogP contribution in [0.3, 0.4) is 0 Å². The first-order valence-corrected chi connectivity index (χ1v) is 9.07. The van der Waals surface area contributed by atoms with Gasteiger partial charge in [-0.3, -0.25) is 0 Å². The van der Waals surface area contributed by atoms with Crippen LogP contribution in [0.15, 0.2) is 60.7 Å². The van der Waals surface area contributed by atoms with Gasteiger partial charge in [-0.05, 0) is 11.1 Å². The average Bonchev–Trinajstić information content (AvgIpc) is 2.33. The van der Waals surface area contributed by atoms with Gasteiger partial charge in [0.25, 0.3) is 0 Å². The van der Waals surface area contributed by atoms with Crippen molar-refractivity contribution in [2.75, 3.05) is 0 Å². The summed E-state index contributed by atoms with van der Waals surface area (Å²) in [7, 11) is 0.874. The predicted molar refractivity (Wildman–Crippen MR) is 74.5 cm³/mol. The van der Waals surface area contributed by atoms with Crippen LogP contribution in [0, 0.1) is 0 Å². The maximum absolute atomic E-state index is 2.48. The van der Waals surface area contributed by atoms with Crippen molar-refractivity contribution in [3.05, 3.63) is 71.8 Å². The molecule has 0 N–H and O–H groups in total. The van der Waals surface area contributed by atoms with E-state index in [-0.39, 0.29) is 0 Å². The Hall–Kier alpha value is -0.613. The van der Waals surface area contributed by atoms with Crippen LogP contribution in [0.2, 0.25) is 0 Å². The van der Waals surface area contributed by atoms with Crippen molar-refractivity contribution in [2.24, 2.45) is 0 Å². The molecule has 0 aromatic heterocycles. The Morgan fingerprint density at radius 2 is 1.13 bits per heavy atom. The number of hydrogen-bond donors (Lipinski definition) is 0. The molecule has 0 aliphatic rings. The molecule has 0 spiro atoms. The molecule has 2 aromatic carbocycles. The maximum atomic E-state index is 2.48. The van der Waals surface area contributed by atoms with Crippen LogP contribution in [0.4, 0.5) is 0 Å². The third-order valence-electron chi connectivity index (χ3n) is 2.37. The molecule has 74 valence electrons. The molecule has 0 bridgehead atoms. The molecule has 2 rings (SSSR count). The normalized spacial score (nSPS) is 10.5. The number of rotatable bonds is 3. The third-order valence-corrected chi connectivity index (χ3v) is 5.13. The van der Waals surface area contributed by atoms with Crippen LogP contribution in [-0.2, 0) is 0 Å². The van der Waals surface area contributed by atoms with Crippen molar-refractivity contribution in [3.63, 3.8) is 0 Å². The Bertz CT molecular complexity index is 360. The monoisotopic (exact) mass is 322 g/mol. The summed E-state index contributed by atoms with van der Waals surface area (Å²) in [5, 5.41) is 0. The quantitative estimate of drug-likeness (QED) is 0.458. The van der Waals surface area contributed by atoms with Gasteiger partial charge in [0.15, 0.2) is 0 Å². The molecule has 2 radical (unpaired) electrons. The molecule has 0 amide bonds. The molecule has 0 unspecified atom stereocenters. The first-order valence-electron chi connectivity index (χ1n) is 4.88. The van der Waals surface area contributed by atoms with Crippen LogP contribution >= 0.6 is 21.8 Å². The van der Waals surface area contributed by atoms with Gasteiger partial charge in [0, 0.05) is 5.54 Å². The third kappa shape index (κ3) is 2.69. The Balaban J connectivity index is 2.34. The highest BCUT2D eigenvalue weighted by Crippen LogP contribution is 2.24. The van der Waals surface area contributed by atoms with E-state index in [9.17, 15) is 0 Å². The second-order valence-corrected chi connectivity index (χ2v) is 6.03. The van der Waals surface area contributed by atoms with Crippen LogP contribution in [0.25, 0.3) is 0 Å². The fourth-order valence-corrected chi connectivity index (χ4v) is 4.40. The van der Waals surface area contributed by atoms with E-state index in [1.165, 1.54) is 11.1 Å². The van der Waals surface area contributed by atoms with E-state index >= 15 is 0 Å². The number of benzene rings is 2. The molecule has 0 fully saturated rings. The summed E-state index contributed by atoms with van der Waals surface area (Å²) >= 11 is 2.48. The molecular weight excluding hydrogens is 311 g/mol. The van der Waals surface area contributed by atoms with Crippen LogP contribution in [-0.4, -0.2) is 7.02 Å². The number of halogens is 1. The highest BCUT2D eigenvalue weighted by molar-refractivity contribution is 14.1. The minimum Gasteiger partial charge on any atom is -0.123 e. The summed E-state index contributed by atoms with van der Waals surface area (Å²) in [4.78, 5) is 0. The van der Waals surface area contributed by atoms with Gasteiger partial charge in [-0.25, -0.2) is 0 Å². The second-order valence-electron chi connectivity index (χ2n) is 3.36. The lowest BCUT2D eigenvalue weighted by molar-refractivity contribution is 1.14. The van der Waals surface area contributed by atoms with Crippen LogP contribution in [0.1, 0.15) is 16.7 Å². The van der Waals surface area contributed by atoms with Gasteiger partial charge >= 0.3 is 0 Å². The lowest BCUT2D eigenvalue weighted by atomic mass is 10.0. The minimum atomic E-state index is 0.549. The molecule has 2 aromatic rings. The van der Waals surface area contributed by atoms with Crippen molar-refractivity contribution < 1.29 is 0 Å². The van der Waals surface area contributed by atoms with Crippen molar-refractivity contribution in [1.29, 1.82) is 0 Å². The van der Waals surface area contributed by atoms with E-state index in [1.54, 1.807) is 0 Å². The van der Waals surface area contributed by atoms with Gasteiger partial charge in [0.2, 0.25) is 0 Å². The Kier molecular flexibility index (Phi) is 3.97. The first kappa shape index (κ1) is 10.9. The fraction of sp³-hybridized carbons (Fsp3) is 0.0769. The van der Waals surface area contributed by atoms with E-state index in [4.69, 9.17) is 0 Å². The van der Waals surface area contributed by atoms with E-state index in [1.807, 2.05) is 0 Å². The van der Waals surface area contributed by atoms with Gasteiger partial charge in [-0.1, -0.05) is 60.7 Å². The zero-order valence-electron chi connectivity index (χ0n) is 8.23. The Morgan fingerprint density at radius 1 is 0.733 bits per heavy atom. The molecule has 2 heteroatoms. The van der Waals surface area contributed by atoms with Gasteiger partial charge in [-0.2, -0.15) is 0 Å². The van der Waals surface area contributed by atoms with E-state index < -0.39 is 0 Å². The highest BCUT2D eigenvalue weighted by Gasteiger charge is 2.12. The highest BCUT2D eigenvalue weighted by atomic mass is 127. The smallest absolute Gasteiger partial charge is 0.123 e. The summed E-state index contributed by atoms with van der Waals surface area (Å²) in [6.45, 7) is 0. The molecule has 0 heterocycles. The summed E-state index contributed by atoms with van der Waals surface area (Å²) in [6.07, 6.45) is 0. The summed E-state index contributed by atoms with van der Waals surface area (Å²) in [5.41, 5.74) is 3.38. The van der Waals surface area contributed by atoms with Gasteiger partial charge in [-0.15, -0.1) is 21.8 Å². The van der Waals surface area contributed by atoms with Crippen molar-refractivity contribution >= 4 is 28.8 Å². The molecule has 0 saturated carbocycles. The van der Waals surface area contributed by atoms with E-state index in [0.29, 0.717) is 5.54 Å². The lowest BCUT2D eigenvalue weighted by Crippen LogP contribution is -2.04. The summed E-state index contributed by atoms with van der Waals surface area (Å²) < 4.78 is 0. The maximum Gasteiger partial charge on any atom is 0.144 e. The Labute approximate surface area is 106 Å². The zero-order chi connectivity index (χ0) is 10.5. The average molecular weight is 322 g/mol. The minimum absolute atomic E-state index is 0.549. The molecule has 0 aliphatic carbocycles. The van der Waals surface area contributed by atoms with E-state index in [0.717, 1.165) is 7.02 Å². The largest absolute Gasteiger partial charge is 0.144 e. The molecule has 0 saturated heterocycles. The van der Waals surface area contributed by atoms with Crippen molar-refractivity contribution in [3.8, 4) is 0 Å². The fourth-order valence-electron chi connectivity index (χ4n) is 1.61.